The Labute approximate surface area is 104 Å². The predicted molar refractivity (Wildman–Crippen MR) is 64.7 cm³/mol. The van der Waals surface area contributed by atoms with Gasteiger partial charge in [-0.1, -0.05) is 12.1 Å². The van der Waals surface area contributed by atoms with Crippen molar-refractivity contribution >= 4 is 11.7 Å². The van der Waals surface area contributed by atoms with E-state index in [9.17, 15) is 4.79 Å². The molecule has 0 aliphatic heterocycles. The summed E-state index contributed by atoms with van der Waals surface area (Å²) in [4.78, 5) is 11.3. The highest BCUT2D eigenvalue weighted by atomic mass is 16.5. The van der Waals surface area contributed by atoms with Gasteiger partial charge in [0.25, 0.3) is 0 Å². The smallest absolute Gasteiger partial charge is 0.327 e. The van der Waals surface area contributed by atoms with Gasteiger partial charge in [-0.15, -0.1) is 10.2 Å². The Morgan fingerprint density at radius 2 is 2.33 bits per heavy atom. The minimum Gasteiger partial charge on any atom is -0.467 e. The topological polar surface area (TPSA) is 92.8 Å². The first-order chi connectivity index (χ1) is 8.70. The number of nitrogens with one attached hydrogen (secondary N) is 2. The summed E-state index contributed by atoms with van der Waals surface area (Å²) in [6.45, 7) is 1.73. The molecule has 7 nitrogen and oxygen atoms in total. The molecule has 1 aromatic heterocycles. The van der Waals surface area contributed by atoms with Crippen LogP contribution in [0, 0.1) is 0 Å². The third-order valence-corrected chi connectivity index (χ3v) is 2.40. The lowest BCUT2D eigenvalue weighted by atomic mass is 10.2. The molecule has 2 aromatic rings. The van der Waals surface area contributed by atoms with Crippen molar-refractivity contribution in [2.75, 3.05) is 12.4 Å². The second kappa shape index (κ2) is 5.26. The molecule has 1 heterocycles. The number of rotatable bonds is 4. The van der Waals surface area contributed by atoms with E-state index in [2.05, 4.69) is 30.7 Å². The number of carbonyl (C=O) groups is 1. The van der Waals surface area contributed by atoms with Crippen LogP contribution in [0.15, 0.2) is 24.3 Å². The van der Waals surface area contributed by atoms with Crippen molar-refractivity contribution in [1.29, 1.82) is 0 Å². The summed E-state index contributed by atoms with van der Waals surface area (Å²) in [5, 5.41) is 16.7. The molecule has 0 saturated carbocycles. The summed E-state index contributed by atoms with van der Waals surface area (Å²) < 4.78 is 4.65. The van der Waals surface area contributed by atoms with E-state index in [-0.39, 0.29) is 5.97 Å². The summed E-state index contributed by atoms with van der Waals surface area (Å²) in [5.41, 5.74) is 1.60. The van der Waals surface area contributed by atoms with Gasteiger partial charge in [-0.25, -0.2) is 4.79 Å². The van der Waals surface area contributed by atoms with Gasteiger partial charge in [0.05, 0.1) is 7.11 Å². The lowest BCUT2D eigenvalue weighted by molar-refractivity contribution is -0.141. The van der Waals surface area contributed by atoms with E-state index in [1.165, 1.54) is 7.11 Å². The fourth-order valence-electron chi connectivity index (χ4n) is 1.52. The van der Waals surface area contributed by atoms with Gasteiger partial charge >= 0.3 is 5.97 Å². The number of nitrogens with zero attached hydrogens (tertiary/aromatic N) is 3. The number of hydrogen-bond donors (Lipinski definition) is 2. The number of methoxy groups -OCH3 is 1. The standard InChI is InChI=1S/C11H13N5O2/c1-7(11(17)18-2)12-9-5-3-4-8(6-9)10-13-15-16-14-10/h3-7,12H,1-2H3,(H,13,14,15,16). The molecule has 0 saturated heterocycles. The largest absolute Gasteiger partial charge is 0.467 e. The average Bonchev–Trinajstić information content (AvgIpc) is 2.92. The molecule has 1 atom stereocenters. The molecule has 2 rings (SSSR count). The van der Waals surface area contributed by atoms with Gasteiger partial charge in [0, 0.05) is 11.3 Å². The minimum atomic E-state index is -0.421. The maximum atomic E-state index is 11.3. The Bertz CT molecular complexity index is 526. The molecular formula is C11H13N5O2. The fourth-order valence-corrected chi connectivity index (χ4v) is 1.52. The van der Waals surface area contributed by atoms with E-state index in [0.29, 0.717) is 5.82 Å². The zero-order valence-corrected chi connectivity index (χ0v) is 10.0. The highest BCUT2D eigenvalue weighted by Gasteiger charge is 2.13. The number of aromatic nitrogens is 4. The van der Waals surface area contributed by atoms with Gasteiger partial charge in [0.1, 0.15) is 6.04 Å². The number of anilines is 1. The highest BCUT2D eigenvalue weighted by molar-refractivity contribution is 5.79. The van der Waals surface area contributed by atoms with E-state index < -0.39 is 6.04 Å². The number of esters is 1. The van der Waals surface area contributed by atoms with E-state index in [0.717, 1.165) is 11.3 Å². The second-order valence-corrected chi connectivity index (χ2v) is 3.71. The van der Waals surface area contributed by atoms with Crippen molar-refractivity contribution in [2.24, 2.45) is 0 Å². The first-order valence-electron chi connectivity index (χ1n) is 5.39. The van der Waals surface area contributed by atoms with Crippen LogP contribution in [0.4, 0.5) is 5.69 Å². The van der Waals surface area contributed by atoms with Crippen LogP contribution in [0.25, 0.3) is 11.4 Å². The molecule has 0 bridgehead atoms. The summed E-state index contributed by atoms with van der Waals surface area (Å²) in [7, 11) is 1.36. The second-order valence-electron chi connectivity index (χ2n) is 3.71. The molecular weight excluding hydrogens is 234 g/mol. The fraction of sp³-hybridized carbons (Fsp3) is 0.273. The molecule has 0 spiro atoms. The van der Waals surface area contributed by atoms with Crippen molar-refractivity contribution in [3.05, 3.63) is 24.3 Å². The Balaban J connectivity index is 2.15. The minimum absolute atomic E-state index is 0.319. The first kappa shape index (κ1) is 12.0. The van der Waals surface area contributed by atoms with Gasteiger partial charge in [-0.3, -0.25) is 0 Å². The summed E-state index contributed by atoms with van der Waals surface area (Å²) >= 11 is 0. The van der Waals surface area contributed by atoms with Gasteiger partial charge in [0.2, 0.25) is 5.82 Å². The Kier molecular flexibility index (Phi) is 3.52. The summed E-state index contributed by atoms with van der Waals surface area (Å²) in [6.07, 6.45) is 0. The maximum Gasteiger partial charge on any atom is 0.327 e. The molecule has 0 aliphatic rings. The summed E-state index contributed by atoms with van der Waals surface area (Å²) in [6, 6.07) is 6.97. The van der Waals surface area contributed by atoms with Gasteiger partial charge in [0.15, 0.2) is 0 Å². The number of benzene rings is 1. The number of H-pyrrole nitrogens is 1. The van der Waals surface area contributed by atoms with Crippen LogP contribution in [-0.2, 0) is 9.53 Å². The molecule has 18 heavy (non-hydrogen) atoms. The van der Waals surface area contributed by atoms with Gasteiger partial charge in [-0.05, 0) is 24.3 Å². The van der Waals surface area contributed by atoms with Gasteiger partial charge < -0.3 is 10.1 Å². The number of carbonyl (C=O) groups excluding carboxylic acids is 1. The number of tetrazole rings is 1. The normalized spacial score (nSPS) is 11.9. The van der Waals surface area contributed by atoms with Crippen molar-refractivity contribution in [1.82, 2.24) is 20.6 Å². The zero-order valence-electron chi connectivity index (χ0n) is 10.0. The molecule has 94 valence electrons. The molecule has 0 fully saturated rings. The Morgan fingerprint density at radius 1 is 1.50 bits per heavy atom. The number of hydrogen-bond acceptors (Lipinski definition) is 6. The van der Waals surface area contributed by atoms with E-state index in [1.807, 2.05) is 24.3 Å². The number of ether oxygens (including phenoxy) is 1. The van der Waals surface area contributed by atoms with Crippen molar-refractivity contribution in [3.8, 4) is 11.4 Å². The molecule has 0 aliphatic carbocycles. The van der Waals surface area contributed by atoms with Crippen LogP contribution >= 0.6 is 0 Å². The number of aromatic amines is 1. The van der Waals surface area contributed by atoms with E-state index >= 15 is 0 Å². The van der Waals surface area contributed by atoms with Crippen LogP contribution in [0.5, 0.6) is 0 Å². The predicted octanol–water partition coefficient (Wildman–Crippen LogP) is 0.840. The molecule has 0 radical (unpaired) electrons. The molecule has 7 heteroatoms. The first-order valence-corrected chi connectivity index (χ1v) is 5.39. The summed E-state index contributed by atoms with van der Waals surface area (Å²) in [5.74, 6) is 0.185. The zero-order chi connectivity index (χ0) is 13.0. The average molecular weight is 247 g/mol. The van der Waals surface area contributed by atoms with Crippen LogP contribution < -0.4 is 5.32 Å². The maximum absolute atomic E-state index is 11.3. The van der Waals surface area contributed by atoms with E-state index in [1.54, 1.807) is 6.92 Å². The van der Waals surface area contributed by atoms with Crippen LogP contribution in [-0.4, -0.2) is 39.7 Å². The quantitative estimate of drug-likeness (QED) is 0.778. The van der Waals surface area contributed by atoms with Crippen LogP contribution in [0.3, 0.4) is 0 Å². The lowest BCUT2D eigenvalue weighted by Gasteiger charge is -2.13. The Morgan fingerprint density at radius 3 is 3.00 bits per heavy atom. The van der Waals surface area contributed by atoms with Crippen molar-refractivity contribution < 1.29 is 9.53 Å². The van der Waals surface area contributed by atoms with Crippen molar-refractivity contribution in [2.45, 2.75) is 13.0 Å². The highest BCUT2D eigenvalue weighted by Crippen LogP contribution is 2.18. The van der Waals surface area contributed by atoms with Crippen LogP contribution in [0.2, 0.25) is 0 Å². The molecule has 1 unspecified atom stereocenters. The van der Waals surface area contributed by atoms with Crippen molar-refractivity contribution in [3.63, 3.8) is 0 Å². The Hall–Kier alpha value is -2.44. The monoisotopic (exact) mass is 247 g/mol. The van der Waals surface area contributed by atoms with Gasteiger partial charge in [-0.2, -0.15) is 5.21 Å². The lowest BCUT2D eigenvalue weighted by Crippen LogP contribution is -2.27. The van der Waals surface area contributed by atoms with E-state index in [4.69, 9.17) is 0 Å². The molecule has 2 N–H and O–H groups in total. The molecule has 1 aromatic carbocycles. The SMILES string of the molecule is COC(=O)C(C)Nc1cccc(-c2nn[nH]n2)c1. The third kappa shape index (κ3) is 2.62. The third-order valence-electron chi connectivity index (χ3n) is 2.40. The van der Waals surface area contributed by atoms with Crippen LogP contribution in [0.1, 0.15) is 6.92 Å². The molecule has 0 amide bonds.